The number of carbonyl (C=O) groups excluding carboxylic acids is 3. The lowest BCUT2D eigenvalue weighted by atomic mass is 9.97. The minimum Gasteiger partial charge on any atom is -0.462 e. The monoisotopic (exact) mass is 525 g/mol. The van der Waals surface area contributed by atoms with Crippen molar-refractivity contribution < 1.29 is 27.5 Å². The summed E-state index contributed by atoms with van der Waals surface area (Å²) in [5, 5.41) is 5.08. The summed E-state index contributed by atoms with van der Waals surface area (Å²) >= 11 is 2.48. The van der Waals surface area contributed by atoms with E-state index in [1.807, 2.05) is 0 Å². The first-order chi connectivity index (χ1) is 16.2. The van der Waals surface area contributed by atoms with Crippen LogP contribution in [-0.2, 0) is 37.3 Å². The second-order valence-corrected chi connectivity index (χ2v) is 12.4. The first kappa shape index (κ1) is 24.8. The smallest absolute Gasteiger partial charge is 0.341 e. The van der Waals surface area contributed by atoms with Gasteiger partial charge in [0.25, 0.3) is 10.0 Å². The Hall–Kier alpha value is -2.28. The molecule has 1 fully saturated rings. The lowest BCUT2D eigenvalue weighted by Gasteiger charge is -2.30. The number of carbonyl (C=O) groups is 3. The fourth-order valence-corrected chi connectivity index (χ4v) is 8.16. The van der Waals surface area contributed by atoms with Crippen LogP contribution in [0.4, 0.5) is 5.00 Å². The van der Waals surface area contributed by atoms with Gasteiger partial charge >= 0.3 is 5.97 Å². The summed E-state index contributed by atoms with van der Waals surface area (Å²) < 4.78 is 32.5. The Bertz CT molecular complexity index is 1180. The van der Waals surface area contributed by atoms with E-state index in [0.717, 1.165) is 10.4 Å². The van der Waals surface area contributed by atoms with Gasteiger partial charge in [-0.3, -0.25) is 9.59 Å². The molecule has 0 bridgehead atoms. The number of fused-ring (bicyclic) bond motifs is 1. The predicted molar refractivity (Wildman–Crippen MR) is 130 cm³/mol. The van der Waals surface area contributed by atoms with E-state index in [1.165, 1.54) is 33.9 Å². The van der Waals surface area contributed by atoms with E-state index < -0.39 is 16.0 Å². The number of anilines is 1. The minimum absolute atomic E-state index is 0.0356. The van der Waals surface area contributed by atoms with E-state index in [4.69, 9.17) is 4.74 Å². The van der Waals surface area contributed by atoms with E-state index in [9.17, 15) is 22.8 Å². The van der Waals surface area contributed by atoms with Crippen molar-refractivity contribution in [3.05, 3.63) is 33.5 Å². The van der Waals surface area contributed by atoms with Crippen LogP contribution in [0.2, 0.25) is 0 Å². The van der Waals surface area contributed by atoms with E-state index in [2.05, 4.69) is 5.32 Å². The largest absolute Gasteiger partial charge is 0.462 e. The second-order valence-electron chi connectivity index (χ2n) is 8.22. The molecule has 9 nitrogen and oxygen atoms in total. The van der Waals surface area contributed by atoms with E-state index in [1.54, 1.807) is 29.3 Å². The van der Waals surface area contributed by atoms with E-state index >= 15 is 0 Å². The molecule has 0 atom stereocenters. The van der Waals surface area contributed by atoms with Crippen molar-refractivity contribution in [3.63, 3.8) is 0 Å². The molecule has 12 heteroatoms. The van der Waals surface area contributed by atoms with Crippen molar-refractivity contribution in [2.24, 2.45) is 5.92 Å². The average molecular weight is 526 g/mol. The molecule has 2 aliphatic heterocycles. The van der Waals surface area contributed by atoms with Gasteiger partial charge in [-0.15, -0.1) is 22.7 Å². The fourth-order valence-electron chi connectivity index (χ4n) is 4.29. The molecule has 0 unspecified atom stereocenters. The third-order valence-corrected chi connectivity index (χ3v) is 10.5. The van der Waals surface area contributed by atoms with Gasteiger partial charge in [0.1, 0.15) is 9.21 Å². The van der Waals surface area contributed by atoms with Crippen LogP contribution in [-0.4, -0.2) is 61.6 Å². The molecule has 34 heavy (non-hydrogen) atoms. The fraction of sp³-hybridized carbons (Fsp3) is 0.500. The number of amides is 2. The van der Waals surface area contributed by atoms with Crippen LogP contribution in [0.1, 0.15) is 47.5 Å². The highest BCUT2D eigenvalue weighted by Gasteiger charge is 2.35. The van der Waals surface area contributed by atoms with Crippen LogP contribution in [0.15, 0.2) is 21.7 Å². The minimum atomic E-state index is -3.54. The summed E-state index contributed by atoms with van der Waals surface area (Å²) in [7, 11) is -3.54. The van der Waals surface area contributed by atoms with Crippen LogP contribution >= 0.6 is 22.7 Å². The molecular formula is C22H27N3O6S3. The highest BCUT2D eigenvalue weighted by molar-refractivity contribution is 7.91. The number of sulfonamides is 1. The third-order valence-electron chi connectivity index (χ3n) is 6.13. The summed E-state index contributed by atoms with van der Waals surface area (Å²) in [5.41, 5.74) is 1.20. The highest BCUT2D eigenvalue weighted by Crippen LogP contribution is 2.38. The van der Waals surface area contributed by atoms with E-state index in [-0.39, 0.29) is 37.4 Å². The Morgan fingerprint density at radius 2 is 1.94 bits per heavy atom. The summed E-state index contributed by atoms with van der Waals surface area (Å²) in [6.45, 7) is 4.89. The first-order valence-electron chi connectivity index (χ1n) is 11.1. The van der Waals surface area contributed by atoms with Gasteiger partial charge in [-0.2, -0.15) is 4.31 Å². The molecule has 0 saturated carbocycles. The Labute approximate surface area is 206 Å². The van der Waals surface area contributed by atoms with Gasteiger partial charge in [0, 0.05) is 37.4 Å². The first-order valence-corrected chi connectivity index (χ1v) is 14.3. The van der Waals surface area contributed by atoms with Crippen molar-refractivity contribution in [3.8, 4) is 0 Å². The topological polar surface area (TPSA) is 113 Å². The van der Waals surface area contributed by atoms with Gasteiger partial charge in [0.15, 0.2) is 0 Å². The van der Waals surface area contributed by atoms with Gasteiger partial charge < -0.3 is 15.0 Å². The number of hydrogen-bond donors (Lipinski definition) is 1. The van der Waals surface area contributed by atoms with Gasteiger partial charge in [0.05, 0.1) is 18.7 Å². The van der Waals surface area contributed by atoms with Gasteiger partial charge in [-0.05, 0) is 43.2 Å². The molecule has 4 heterocycles. The lowest BCUT2D eigenvalue weighted by Crippen LogP contribution is -2.41. The maximum Gasteiger partial charge on any atom is 0.341 e. The Kier molecular flexibility index (Phi) is 7.41. The molecule has 1 N–H and O–H groups in total. The number of thiophene rings is 2. The number of esters is 1. The van der Waals surface area contributed by atoms with Crippen molar-refractivity contribution in [2.45, 2.75) is 43.9 Å². The molecule has 2 aromatic heterocycles. The summed E-state index contributed by atoms with van der Waals surface area (Å²) in [6.07, 6.45) is 1.32. The lowest BCUT2D eigenvalue weighted by molar-refractivity contribution is -0.129. The quantitative estimate of drug-likeness (QED) is 0.581. The molecule has 0 radical (unpaired) electrons. The second kappa shape index (κ2) is 10.1. The average Bonchev–Trinajstić information content (AvgIpc) is 3.47. The van der Waals surface area contributed by atoms with Crippen LogP contribution < -0.4 is 5.32 Å². The highest BCUT2D eigenvalue weighted by atomic mass is 32.2. The maximum atomic E-state index is 13.1. The Morgan fingerprint density at radius 1 is 1.21 bits per heavy atom. The summed E-state index contributed by atoms with van der Waals surface area (Å²) in [4.78, 5) is 40.2. The van der Waals surface area contributed by atoms with Crippen LogP contribution in [0, 0.1) is 5.92 Å². The number of nitrogens with one attached hydrogen (secondary N) is 1. The number of nitrogens with zero attached hydrogens (tertiary/aromatic N) is 2. The third kappa shape index (κ3) is 4.90. The molecular weight excluding hydrogens is 498 g/mol. The van der Waals surface area contributed by atoms with Gasteiger partial charge in [0.2, 0.25) is 11.8 Å². The van der Waals surface area contributed by atoms with Crippen LogP contribution in [0.5, 0.6) is 0 Å². The number of hydrogen-bond acceptors (Lipinski definition) is 8. The zero-order valence-corrected chi connectivity index (χ0v) is 21.5. The Balaban J connectivity index is 1.48. The SMILES string of the molecule is CCOC(=O)c1c(NC(=O)C2CCN(S(=O)(=O)c3cccs3)CC2)sc2c1CCN(C(C)=O)C2. The number of rotatable bonds is 6. The number of piperidine rings is 1. The van der Waals surface area contributed by atoms with Crippen molar-refractivity contribution in [1.82, 2.24) is 9.21 Å². The Morgan fingerprint density at radius 3 is 2.56 bits per heavy atom. The zero-order valence-electron chi connectivity index (χ0n) is 19.0. The summed E-state index contributed by atoms with van der Waals surface area (Å²) in [5.74, 6) is -1.12. The van der Waals surface area contributed by atoms with Crippen molar-refractivity contribution in [1.29, 1.82) is 0 Å². The molecule has 2 aromatic rings. The van der Waals surface area contributed by atoms with Crippen molar-refractivity contribution >= 4 is 55.5 Å². The van der Waals surface area contributed by atoms with Crippen LogP contribution in [0.25, 0.3) is 0 Å². The molecule has 2 amide bonds. The van der Waals surface area contributed by atoms with Crippen molar-refractivity contribution in [2.75, 3.05) is 31.6 Å². The molecule has 0 aliphatic carbocycles. The summed E-state index contributed by atoms with van der Waals surface area (Å²) in [6, 6.07) is 3.29. The molecule has 1 saturated heterocycles. The molecule has 4 rings (SSSR count). The number of ether oxygens (including phenoxy) is 1. The van der Waals surface area contributed by atoms with E-state index in [0.29, 0.717) is 47.1 Å². The predicted octanol–water partition coefficient (Wildman–Crippen LogP) is 2.93. The normalized spacial score (nSPS) is 17.3. The molecule has 184 valence electrons. The maximum absolute atomic E-state index is 13.1. The molecule has 0 aromatic carbocycles. The molecule has 0 spiro atoms. The van der Waals surface area contributed by atoms with Gasteiger partial charge in [-0.1, -0.05) is 6.07 Å². The van der Waals surface area contributed by atoms with Gasteiger partial charge in [-0.25, -0.2) is 13.2 Å². The van der Waals surface area contributed by atoms with Crippen LogP contribution in [0.3, 0.4) is 0 Å². The molecule has 2 aliphatic rings. The zero-order chi connectivity index (χ0) is 24.5. The standard InChI is InChI=1S/C22H27N3O6S3/c1-3-31-22(28)19-16-8-9-24(14(2)26)13-17(16)33-21(19)23-20(27)15-6-10-25(11-7-15)34(29,30)18-5-4-12-32-18/h4-5,12,15H,3,6-11,13H2,1-2H3,(H,23,27).